The van der Waals surface area contributed by atoms with Crippen molar-refractivity contribution in [3.8, 4) is 0 Å². The van der Waals surface area contributed by atoms with Crippen molar-refractivity contribution < 1.29 is 9.47 Å². The average Bonchev–Trinajstić information content (AvgIpc) is 2.80. The van der Waals surface area contributed by atoms with Crippen LogP contribution in [0.1, 0.15) is 40.5 Å². The quantitative estimate of drug-likeness (QED) is 0.485. The summed E-state index contributed by atoms with van der Waals surface area (Å²) in [5, 5.41) is 0. The number of ether oxygens (including phenoxy) is 2. The van der Waals surface area contributed by atoms with Crippen molar-refractivity contribution in [2.75, 3.05) is 0 Å². The number of hydrogen-bond donors (Lipinski definition) is 0. The van der Waals surface area contributed by atoms with Gasteiger partial charge in [0.1, 0.15) is 11.2 Å². The van der Waals surface area contributed by atoms with E-state index in [2.05, 4.69) is 39.8 Å². The van der Waals surface area contributed by atoms with E-state index in [9.17, 15) is 0 Å². The summed E-state index contributed by atoms with van der Waals surface area (Å²) in [5.74, 6) is 2.87. The van der Waals surface area contributed by atoms with E-state index in [0.29, 0.717) is 11.8 Å². The van der Waals surface area contributed by atoms with Crippen molar-refractivity contribution in [2.45, 2.75) is 62.9 Å². The maximum absolute atomic E-state index is 6.28. The Morgan fingerprint density at radius 2 is 1.56 bits per heavy atom. The Kier molecular flexibility index (Phi) is 1.37. The van der Waals surface area contributed by atoms with E-state index < -0.39 is 0 Å². The van der Waals surface area contributed by atoms with Crippen LogP contribution in [0.4, 0.5) is 0 Å². The molecule has 0 N–H and O–H groups in total. The Morgan fingerprint density at radius 1 is 0.944 bits per heavy atom. The van der Waals surface area contributed by atoms with Crippen LogP contribution >= 0.6 is 0 Å². The molecule has 98 valence electrons. The Labute approximate surface area is 109 Å². The molecule has 2 heteroatoms. The van der Waals surface area contributed by atoms with Gasteiger partial charge >= 0.3 is 0 Å². The molecule has 2 nitrogen and oxygen atoms in total. The molecule has 2 heterocycles. The van der Waals surface area contributed by atoms with Crippen molar-refractivity contribution in [1.29, 1.82) is 0 Å². The van der Waals surface area contributed by atoms with Gasteiger partial charge in [0.25, 0.3) is 0 Å². The highest BCUT2D eigenvalue weighted by atomic mass is 16.6. The van der Waals surface area contributed by atoms with E-state index in [1.54, 1.807) is 0 Å². The fourth-order valence-corrected chi connectivity index (χ4v) is 6.25. The molecule has 6 unspecified atom stereocenters. The first-order valence-electron chi connectivity index (χ1n) is 7.45. The number of epoxide rings is 2. The molecule has 0 aromatic rings. The maximum Gasteiger partial charge on any atom is 0.119 e. The molecule has 0 aromatic heterocycles. The van der Waals surface area contributed by atoms with Crippen LogP contribution in [0, 0.1) is 23.7 Å². The van der Waals surface area contributed by atoms with Crippen molar-refractivity contribution in [2.24, 2.45) is 23.7 Å². The Bertz CT molecular complexity index is 491. The molecule has 6 atom stereocenters. The summed E-state index contributed by atoms with van der Waals surface area (Å²) in [6, 6.07) is 0. The number of hydrogen-bond acceptors (Lipinski definition) is 2. The predicted molar refractivity (Wildman–Crippen MR) is 68.1 cm³/mol. The van der Waals surface area contributed by atoms with Crippen molar-refractivity contribution in [3.05, 3.63) is 12.2 Å². The van der Waals surface area contributed by atoms with Gasteiger partial charge in [0, 0.05) is 5.92 Å². The minimum atomic E-state index is 0.0481. The minimum absolute atomic E-state index is 0.0481. The Balaban J connectivity index is 1.62. The molecule has 0 radical (unpaired) electrons. The molecule has 4 fully saturated rings. The van der Waals surface area contributed by atoms with E-state index in [0.717, 1.165) is 11.8 Å². The van der Waals surface area contributed by atoms with Gasteiger partial charge in [-0.2, -0.15) is 0 Å². The molecule has 3 aliphatic carbocycles. The van der Waals surface area contributed by atoms with Crippen LogP contribution in [0.5, 0.6) is 0 Å². The van der Waals surface area contributed by atoms with Crippen LogP contribution in [0.2, 0.25) is 0 Å². The van der Waals surface area contributed by atoms with Gasteiger partial charge in [0.05, 0.1) is 11.2 Å². The molecule has 2 saturated carbocycles. The first-order valence-corrected chi connectivity index (χ1v) is 7.45. The lowest BCUT2D eigenvalue weighted by atomic mass is 9.73. The third-order valence-electron chi connectivity index (χ3n) is 6.91. The predicted octanol–water partition coefficient (Wildman–Crippen LogP) is 2.92. The second kappa shape index (κ2) is 2.35. The van der Waals surface area contributed by atoms with Crippen molar-refractivity contribution in [1.82, 2.24) is 0 Å². The summed E-state index contributed by atoms with van der Waals surface area (Å²) in [5.41, 5.74) is 0.402. The van der Waals surface area contributed by atoms with Crippen LogP contribution in [0.15, 0.2) is 12.2 Å². The number of fused-ring (bicyclic) bond motifs is 4. The van der Waals surface area contributed by atoms with Gasteiger partial charge in [0.2, 0.25) is 0 Å². The van der Waals surface area contributed by atoms with Gasteiger partial charge in [-0.15, -0.1) is 0 Å². The van der Waals surface area contributed by atoms with Gasteiger partial charge in [0.15, 0.2) is 0 Å². The van der Waals surface area contributed by atoms with Gasteiger partial charge < -0.3 is 9.47 Å². The van der Waals surface area contributed by atoms with Crippen molar-refractivity contribution >= 4 is 0 Å². The fraction of sp³-hybridized carbons (Fsp3) is 0.875. The summed E-state index contributed by atoms with van der Waals surface area (Å²) < 4.78 is 12.4. The molecular weight excluding hydrogens is 224 g/mol. The molecule has 0 amide bonds. The zero-order valence-corrected chi connectivity index (χ0v) is 11.7. The lowest BCUT2D eigenvalue weighted by molar-refractivity contribution is 0.165. The molecule has 2 aliphatic heterocycles. The second-order valence-electron chi connectivity index (χ2n) is 8.06. The summed E-state index contributed by atoms with van der Waals surface area (Å²) in [6.45, 7) is 9.07. The van der Waals surface area contributed by atoms with E-state index in [1.165, 1.54) is 12.8 Å². The van der Waals surface area contributed by atoms with Crippen LogP contribution < -0.4 is 0 Å². The number of allylic oxidation sites excluding steroid dienone is 1. The molecule has 5 rings (SSSR count). The first kappa shape index (κ1) is 10.4. The van der Waals surface area contributed by atoms with Gasteiger partial charge in [-0.05, 0) is 58.3 Å². The molecule has 2 spiro atoms. The summed E-state index contributed by atoms with van der Waals surface area (Å²) in [7, 11) is 0. The Hall–Kier alpha value is -0.340. The molecule has 0 aromatic carbocycles. The molecule has 18 heavy (non-hydrogen) atoms. The first-order chi connectivity index (χ1) is 8.36. The molecule has 2 saturated heterocycles. The lowest BCUT2D eigenvalue weighted by Gasteiger charge is -2.28. The van der Waals surface area contributed by atoms with E-state index in [1.807, 2.05) is 0 Å². The Morgan fingerprint density at radius 3 is 2.11 bits per heavy atom. The van der Waals surface area contributed by atoms with Crippen LogP contribution in [0.3, 0.4) is 0 Å². The van der Waals surface area contributed by atoms with Crippen LogP contribution in [-0.4, -0.2) is 22.4 Å². The highest BCUT2D eigenvalue weighted by Crippen LogP contribution is 2.79. The normalized spacial score (nSPS) is 63.8. The zero-order valence-electron chi connectivity index (χ0n) is 11.7. The molecular formula is C16H22O2. The smallest absolute Gasteiger partial charge is 0.119 e. The monoisotopic (exact) mass is 246 g/mol. The van der Waals surface area contributed by atoms with Gasteiger partial charge in [-0.1, -0.05) is 12.2 Å². The third kappa shape index (κ3) is 0.757. The molecule has 2 bridgehead atoms. The fourth-order valence-electron chi connectivity index (χ4n) is 6.25. The summed E-state index contributed by atoms with van der Waals surface area (Å²) in [4.78, 5) is 0. The second-order valence-corrected chi connectivity index (χ2v) is 8.06. The van der Waals surface area contributed by atoms with Crippen LogP contribution in [0.25, 0.3) is 0 Å². The van der Waals surface area contributed by atoms with Gasteiger partial charge in [-0.25, -0.2) is 0 Å². The highest BCUT2D eigenvalue weighted by Gasteiger charge is 2.86. The number of rotatable bonds is 0. The van der Waals surface area contributed by atoms with Gasteiger partial charge in [-0.3, -0.25) is 0 Å². The maximum atomic E-state index is 6.28. The topological polar surface area (TPSA) is 25.1 Å². The average molecular weight is 246 g/mol. The van der Waals surface area contributed by atoms with Crippen molar-refractivity contribution in [3.63, 3.8) is 0 Å². The van der Waals surface area contributed by atoms with Crippen LogP contribution in [-0.2, 0) is 9.47 Å². The summed E-state index contributed by atoms with van der Waals surface area (Å²) >= 11 is 0. The van der Waals surface area contributed by atoms with E-state index >= 15 is 0 Å². The highest BCUT2D eigenvalue weighted by molar-refractivity contribution is 5.41. The summed E-state index contributed by atoms with van der Waals surface area (Å²) in [6.07, 6.45) is 7.55. The standard InChI is InChI=1S/C16H22O2/c1-13(2)15(17-13)8-7-9-10-5-6-11(12(9)15)16(10)14(3,4)18-16/h7-12H,5-6H2,1-4H3. The minimum Gasteiger partial charge on any atom is -0.362 e. The van der Waals surface area contributed by atoms with E-state index in [4.69, 9.17) is 9.47 Å². The SMILES string of the molecule is CC1(C)OC12C=CC1C2C2CCC1C21OC1(C)C. The largest absolute Gasteiger partial charge is 0.362 e. The molecule has 5 aliphatic rings. The zero-order chi connectivity index (χ0) is 12.6. The lowest BCUT2D eigenvalue weighted by Crippen LogP contribution is -2.35. The third-order valence-corrected chi connectivity index (χ3v) is 6.91. The van der Waals surface area contributed by atoms with E-state index in [-0.39, 0.29) is 22.4 Å².